The number of carbonyl (C=O) groups is 2. The molecule has 2 rings (SSSR count). The van der Waals surface area contributed by atoms with Crippen LogP contribution in [-0.4, -0.2) is 27.6 Å². The van der Waals surface area contributed by atoms with Gasteiger partial charge in [-0.25, -0.2) is 9.78 Å². The van der Waals surface area contributed by atoms with Gasteiger partial charge in [0.1, 0.15) is 11.4 Å². The van der Waals surface area contributed by atoms with Crippen molar-refractivity contribution < 1.29 is 19.4 Å². The van der Waals surface area contributed by atoms with E-state index >= 15 is 0 Å². The van der Waals surface area contributed by atoms with Crippen LogP contribution in [0.2, 0.25) is 0 Å². The van der Waals surface area contributed by atoms with Gasteiger partial charge in [0, 0.05) is 11.1 Å². The number of hydrogen-bond acceptors (Lipinski definition) is 6. The fraction of sp³-hybridized carbons (Fsp3) is 0.480. The highest BCUT2D eigenvalue weighted by atomic mass is 32.2. The van der Waals surface area contributed by atoms with Crippen molar-refractivity contribution in [1.82, 2.24) is 4.98 Å². The van der Waals surface area contributed by atoms with E-state index in [1.54, 1.807) is 6.07 Å². The Morgan fingerprint density at radius 1 is 1.00 bits per heavy atom. The van der Waals surface area contributed by atoms with E-state index in [2.05, 4.69) is 35.7 Å². The molecule has 0 radical (unpaired) electrons. The number of nitrogens with zero attached hydrogens (tertiary/aromatic N) is 1. The van der Waals surface area contributed by atoms with Crippen molar-refractivity contribution in [1.29, 1.82) is 0 Å². The number of esters is 1. The van der Waals surface area contributed by atoms with Crippen LogP contribution in [0.15, 0.2) is 47.5 Å². The van der Waals surface area contributed by atoms with Gasteiger partial charge >= 0.3 is 11.9 Å². The summed E-state index contributed by atoms with van der Waals surface area (Å²) in [4.78, 5) is 28.6. The van der Waals surface area contributed by atoms with Crippen LogP contribution in [0.25, 0.3) is 0 Å². The number of carboxylic acids is 1. The van der Waals surface area contributed by atoms with E-state index in [1.165, 1.54) is 29.8 Å². The average molecular weight is 459 g/mol. The lowest BCUT2D eigenvalue weighted by Crippen LogP contribution is -2.37. The normalized spacial score (nSPS) is 12.3. The van der Waals surface area contributed by atoms with Crippen LogP contribution in [0.4, 0.5) is 5.82 Å². The molecule has 0 bridgehead atoms. The average Bonchev–Trinajstić information content (AvgIpc) is 2.65. The summed E-state index contributed by atoms with van der Waals surface area (Å²) in [5, 5.41) is 8.94. The topological polar surface area (TPSA) is 88.5 Å². The summed E-state index contributed by atoms with van der Waals surface area (Å²) >= 11 is 1.41. The minimum absolute atomic E-state index is 0.0802. The molecule has 1 heterocycles. The van der Waals surface area contributed by atoms with E-state index in [-0.39, 0.29) is 16.9 Å². The fourth-order valence-corrected chi connectivity index (χ4v) is 4.28. The molecule has 0 atom stereocenters. The molecule has 2 aromatic rings. The Labute approximate surface area is 195 Å². The molecule has 0 amide bonds. The molecular weight excluding hydrogens is 424 g/mol. The Bertz CT molecular complexity index is 930. The zero-order valence-electron chi connectivity index (χ0n) is 20.0. The van der Waals surface area contributed by atoms with E-state index in [0.29, 0.717) is 12.2 Å². The maximum atomic E-state index is 12.6. The molecular formula is C25H34N2O4S. The number of carbonyl (C=O) groups excluding carboxylic acids is 1. The van der Waals surface area contributed by atoms with Crippen LogP contribution in [0.3, 0.4) is 0 Å². The van der Waals surface area contributed by atoms with Gasteiger partial charge in [-0.3, -0.25) is 4.79 Å². The molecule has 1 aromatic carbocycles. The highest BCUT2D eigenvalue weighted by Gasteiger charge is 2.37. The molecule has 1 aromatic heterocycles. The number of carboxylic acid groups (broad SMARTS) is 1. The Hall–Kier alpha value is -2.54. The molecule has 0 unspecified atom stereocenters. The van der Waals surface area contributed by atoms with E-state index in [9.17, 15) is 9.59 Å². The van der Waals surface area contributed by atoms with Crippen LogP contribution in [0.5, 0.6) is 0 Å². The van der Waals surface area contributed by atoms with E-state index in [4.69, 9.17) is 9.84 Å². The fourth-order valence-electron chi connectivity index (χ4n) is 3.67. The van der Waals surface area contributed by atoms with Gasteiger partial charge < -0.3 is 14.6 Å². The van der Waals surface area contributed by atoms with Gasteiger partial charge in [-0.05, 0) is 94.7 Å². The predicted octanol–water partition coefficient (Wildman–Crippen LogP) is 6.23. The zero-order valence-corrected chi connectivity index (χ0v) is 20.8. The molecule has 0 fully saturated rings. The predicted molar refractivity (Wildman–Crippen MR) is 129 cm³/mol. The second-order valence-electron chi connectivity index (χ2n) is 10.5. The van der Waals surface area contributed by atoms with Gasteiger partial charge in [0.25, 0.3) is 0 Å². The molecule has 0 saturated carbocycles. The first-order valence-electron chi connectivity index (χ1n) is 10.6. The van der Waals surface area contributed by atoms with Gasteiger partial charge in [-0.15, -0.1) is 0 Å². The lowest BCUT2D eigenvalue weighted by atomic mass is 9.72. The third-order valence-electron chi connectivity index (χ3n) is 4.76. The Kier molecular flexibility index (Phi) is 7.99. The number of anilines is 1. The third kappa shape index (κ3) is 8.19. The SMILES string of the molecule is CC(C)(Cc1ccc(SNc2ccc(C(=O)O)cn2)cc1)CC(C)(C)C(=O)OC(C)(C)C. The maximum Gasteiger partial charge on any atom is 0.337 e. The van der Waals surface area contributed by atoms with Crippen molar-refractivity contribution in [2.45, 2.75) is 71.8 Å². The number of pyridine rings is 1. The molecule has 0 aliphatic carbocycles. The van der Waals surface area contributed by atoms with E-state index < -0.39 is 17.0 Å². The van der Waals surface area contributed by atoms with Crippen molar-refractivity contribution in [3.05, 3.63) is 53.7 Å². The van der Waals surface area contributed by atoms with Crippen molar-refractivity contribution in [2.75, 3.05) is 4.72 Å². The summed E-state index contributed by atoms with van der Waals surface area (Å²) in [6, 6.07) is 11.4. The summed E-state index contributed by atoms with van der Waals surface area (Å²) in [6.07, 6.45) is 2.88. The summed E-state index contributed by atoms with van der Waals surface area (Å²) in [7, 11) is 0. The second kappa shape index (κ2) is 9.94. The quantitative estimate of drug-likeness (QED) is 0.340. The first-order chi connectivity index (χ1) is 14.7. The van der Waals surface area contributed by atoms with Gasteiger partial charge in [-0.2, -0.15) is 0 Å². The van der Waals surface area contributed by atoms with E-state index in [1.807, 2.05) is 46.8 Å². The van der Waals surface area contributed by atoms with Gasteiger partial charge in [-0.1, -0.05) is 26.0 Å². The molecule has 7 heteroatoms. The number of benzene rings is 1. The van der Waals surface area contributed by atoms with Crippen LogP contribution in [0.1, 0.15) is 70.8 Å². The van der Waals surface area contributed by atoms with Gasteiger partial charge in [0.2, 0.25) is 0 Å². The monoisotopic (exact) mass is 458 g/mol. The standard InChI is InChI=1S/C25H34N2O4S/c1-23(2,3)31-22(30)25(6,7)16-24(4,5)14-17-8-11-19(12-9-17)32-27-20-13-10-18(15-26-20)21(28)29/h8-13,15H,14,16H2,1-7H3,(H,26,27)(H,28,29). The first kappa shape index (κ1) is 25.7. The lowest BCUT2D eigenvalue weighted by molar-refractivity contribution is -0.167. The Morgan fingerprint density at radius 3 is 2.12 bits per heavy atom. The first-order valence-corrected chi connectivity index (χ1v) is 11.4. The van der Waals surface area contributed by atoms with Crippen LogP contribution < -0.4 is 4.72 Å². The molecule has 0 aliphatic heterocycles. The van der Waals surface area contributed by atoms with Gasteiger partial charge in [0.15, 0.2) is 0 Å². The number of hydrogen-bond donors (Lipinski definition) is 2. The summed E-state index contributed by atoms with van der Waals surface area (Å²) in [5.41, 5.74) is 0.210. The smallest absolute Gasteiger partial charge is 0.337 e. The summed E-state index contributed by atoms with van der Waals surface area (Å²) in [5.74, 6) is -0.569. The van der Waals surface area contributed by atoms with Crippen LogP contribution in [-0.2, 0) is 16.0 Å². The minimum atomic E-state index is -0.996. The van der Waals surface area contributed by atoms with Crippen LogP contribution >= 0.6 is 11.9 Å². The molecule has 174 valence electrons. The van der Waals surface area contributed by atoms with Crippen molar-refractivity contribution in [3.63, 3.8) is 0 Å². The lowest BCUT2D eigenvalue weighted by Gasteiger charge is -2.35. The number of rotatable bonds is 9. The Balaban J connectivity index is 1.94. The Morgan fingerprint density at radius 2 is 1.62 bits per heavy atom. The van der Waals surface area contributed by atoms with Crippen molar-refractivity contribution in [3.8, 4) is 0 Å². The van der Waals surface area contributed by atoms with Gasteiger partial charge in [0.05, 0.1) is 11.0 Å². The van der Waals surface area contributed by atoms with Crippen molar-refractivity contribution >= 4 is 29.7 Å². The number of aromatic nitrogens is 1. The highest BCUT2D eigenvalue weighted by molar-refractivity contribution is 8.00. The molecule has 6 nitrogen and oxygen atoms in total. The summed E-state index contributed by atoms with van der Waals surface area (Å²) in [6.45, 7) is 13.9. The number of ether oxygens (including phenoxy) is 1. The third-order valence-corrected chi connectivity index (χ3v) is 5.58. The highest BCUT2D eigenvalue weighted by Crippen LogP contribution is 2.38. The molecule has 32 heavy (non-hydrogen) atoms. The maximum absolute atomic E-state index is 12.6. The number of aromatic carboxylic acids is 1. The van der Waals surface area contributed by atoms with Crippen molar-refractivity contribution in [2.24, 2.45) is 10.8 Å². The molecule has 0 spiro atoms. The minimum Gasteiger partial charge on any atom is -0.478 e. The second-order valence-corrected chi connectivity index (χ2v) is 11.4. The molecule has 0 saturated heterocycles. The number of nitrogens with one attached hydrogen (secondary N) is 1. The van der Waals surface area contributed by atoms with E-state index in [0.717, 1.165) is 11.3 Å². The molecule has 2 N–H and O–H groups in total. The summed E-state index contributed by atoms with van der Waals surface area (Å²) < 4.78 is 8.73. The molecule has 0 aliphatic rings. The van der Waals surface area contributed by atoms with Crippen LogP contribution in [0, 0.1) is 10.8 Å². The zero-order chi connectivity index (χ0) is 24.2. The largest absolute Gasteiger partial charge is 0.478 e.